The highest BCUT2D eigenvalue weighted by molar-refractivity contribution is 5.82. The maximum absolute atomic E-state index is 11.7. The van der Waals surface area contributed by atoms with Crippen LogP contribution in [0.25, 0.3) is 0 Å². The minimum atomic E-state index is -1.23. The summed E-state index contributed by atoms with van der Waals surface area (Å²) < 4.78 is 0. The lowest BCUT2D eigenvalue weighted by Crippen LogP contribution is -2.47. The summed E-state index contributed by atoms with van der Waals surface area (Å²) >= 11 is 0. The number of carbonyl (C=O) groups is 3. The average molecular weight is 274 g/mol. The molecule has 19 heavy (non-hydrogen) atoms. The summed E-state index contributed by atoms with van der Waals surface area (Å²) in [4.78, 5) is 34.4. The Bertz CT molecular complexity index is 319. The van der Waals surface area contributed by atoms with Gasteiger partial charge in [0.25, 0.3) is 0 Å². The Morgan fingerprint density at radius 3 is 2.32 bits per heavy atom. The molecule has 0 radical (unpaired) electrons. The number of unbranched alkanes of at least 4 members (excludes halogenated alkanes) is 2. The lowest BCUT2D eigenvalue weighted by atomic mass is 10.1. The predicted molar refractivity (Wildman–Crippen MR) is 69.0 cm³/mol. The van der Waals surface area contributed by atoms with E-state index < -0.39 is 24.0 Å². The zero-order valence-electron chi connectivity index (χ0n) is 11.4. The van der Waals surface area contributed by atoms with Crippen molar-refractivity contribution in [1.29, 1.82) is 0 Å². The molecule has 0 aliphatic carbocycles. The molecule has 2 amide bonds. The van der Waals surface area contributed by atoms with Gasteiger partial charge >= 0.3 is 18.0 Å². The first-order valence-electron chi connectivity index (χ1n) is 6.34. The van der Waals surface area contributed by atoms with E-state index in [-0.39, 0.29) is 12.8 Å². The second-order valence-corrected chi connectivity index (χ2v) is 4.40. The van der Waals surface area contributed by atoms with E-state index >= 15 is 0 Å². The van der Waals surface area contributed by atoms with Crippen LogP contribution >= 0.6 is 0 Å². The molecule has 0 aromatic heterocycles. The second kappa shape index (κ2) is 9.18. The number of carboxylic acids is 2. The molecule has 0 heterocycles. The van der Waals surface area contributed by atoms with Crippen LogP contribution in [0, 0.1) is 0 Å². The van der Waals surface area contributed by atoms with Gasteiger partial charge in [-0.2, -0.15) is 0 Å². The first-order chi connectivity index (χ1) is 8.88. The molecule has 0 saturated heterocycles. The molecule has 3 N–H and O–H groups in total. The molecule has 0 aromatic carbocycles. The van der Waals surface area contributed by atoms with Crippen molar-refractivity contribution in [3.8, 4) is 0 Å². The fraction of sp³-hybridized carbons (Fsp3) is 0.750. The number of carbonyl (C=O) groups excluding carboxylic acids is 1. The Morgan fingerprint density at radius 1 is 1.21 bits per heavy atom. The SMILES string of the molecule is CCCCCN(C)C(=O)NC(CCC(=O)O)C(=O)O. The molecule has 0 rings (SSSR count). The number of hydrogen-bond acceptors (Lipinski definition) is 3. The molecular weight excluding hydrogens is 252 g/mol. The van der Waals surface area contributed by atoms with Crippen molar-refractivity contribution in [2.45, 2.75) is 45.1 Å². The van der Waals surface area contributed by atoms with E-state index in [1.165, 1.54) is 4.90 Å². The van der Waals surface area contributed by atoms with Gasteiger partial charge in [0.05, 0.1) is 0 Å². The van der Waals surface area contributed by atoms with Gasteiger partial charge in [-0.25, -0.2) is 9.59 Å². The topological polar surface area (TPSA) is 107 Å². The Balaban J connectivity index is 4.22. The number of nitrogens with one attached hydrogen (secondary N) is 1. The van der Waals surface area contributed by atoms with Crippen molar-refractivity contribution in [3.05, 3.63) is 0 Å². The van der Waals surface area contributed by atoms with Crippen molar-refractivity contribution in [3.63, 3.8) is 0 Å². The maximum Gasteiger partial charge on any atom is 0.326 e. The molecule has 7 nitrogen and oxygen atoms in total. The molecule has 0 aliphatic rings. The standard InChI is InChI=1S/C12H22N2O5/c1-3-4-5-8-14(2)12(19)13-9(11(17)18)6-7-10(15)16/h9H,3-8H2,1-2H3,(H,13,19)(H,15,16)(H,17,18). The zero-order chi connectivity index (χ0) is 14.8. The van der Waals surface area contributed by atoms with E-state index in [9.17, 15) is 14.4 Å². The summed E-state index contributed by atoms with van der Waals surface area (Å²) in [7, 11) is 1.58. The van der Waals surface area contributed by atoms with Crippen molar-refractivity contribution in [2.24, 2.45) is 0 Å². The van der Waals surface area contributed by atoms with E-state index in [2.05, 4.69) is 5.32 Å². The van der Waals surface area contributed by atoms with Crippen LogP contribution in [0.2, 0.25) is 0 Å². The Kier molecular flexibility index (Phi) is 8.32. The molecule has 110 valence electrons. The molecule has 1 unspecified atom stereocenters. The highest BCUT2D eigenvalue weighted by atomic mass is 16.4. The lowest BCUT2D eigenvalue weighted by molar-refractivity contribution is -0.140. The van der Waals surface area contributed by atoms with Crippen molar-refractivity contribution in [1.82, 2.24) is 10.2 Å². The largest absolute Gasteiger partial charge is 0.481 e. The minimum absolute atomic E-state index is 0.126. The van der Waals surface area contributed by atoms with Crippen LogP contribution in [0.4, 0.5) is 4.79 Å². The van der Waals surface area contributed by atoms with Gasteiger partial charge in [-0.15, -0.1) is 0 Å². The third-order valence-corrected chi connectivity index (χ3v) is 2.69. The van der Waals surface area contributed by atoms with Crippen molar-refractivity contribution >= 4 is 18.0 Å². The van der Waals surface area contributed by atoms with Crippen LogP contribution in [-0.2, 0) is 9.59 Å². The quantitative estimate of drug-likeness (QED) is 0.546. The van der Waals surface area contributed by atoms with Crippen molar-refractivity contribution < 1.29 is 24.6 Å². The summed E-state index contributed by atoms with van der Waals surface area (Å²) in [6.07, 6.45) is 2.47. The van der Waals surface area contributed by atoms with E-state index in [0.717, 1.165) is 19.3 Å². The van der Waals surface area contributed by atoms with E-state index in [1.807, 2.05) is 6.92 Å². The molecule has 0 aromatic rings. The van der Waals surface area contributed by atoms with Crippen molar-refractivity contribution in [2.75, 3.05) is 13.6 Å². The normalized spacial score (nSPS) is 11.7. The van der Waals surface area contributed by atoms with Gasteiger partial charge in [0.15, 0.2) is 0 Å². The molecule has 0 saturated carbocycles. The van der Waals surface area contributed by atoms with E-state index in [0.29, 0.717) is 6.54 Å². The summed E-state index contributed by atoms with van der Waals surface area (Å²) in [6.45, 7) is 2.59. The zero-order valence-corrected chi connectivity index (χ0v) is 11.4. The molecular formula is C12H22N2O5. The van der Waals surface area contributed by atoms with Gasteiger partial charge in [0, 0.05) is 20.0 Å². The third kappa shape index (κ3) is 8.01. The van der Waals surface area contributed by atoms with Gasteiger partial charge in [0.1, 0.15) is 6.04 Å². The number of nitrogens with zero attached hydrogens (tertiary/aromatic N) is 1. The van der Waals surface area contributed by atoms with Crippen LogP contribution < -0.4 is 5.32 Å². The number of hydrogen-bond donors (Lipinski definition) is 3. The maximum atomic E-state index is 11.7. The van der Waals surface area contributed by atoms with Crippen LogP contribution in [0.5, 0.6) is 0 Å². The minimum Gasteiger partial charge on any atom is -0.481 e. The van der Waals surface area contributed by atoms with Crippen LogP contribution in [0.1, 0.15) is 39.0 Å². The predicted octanol–water partition coefficient (Wildman–Crippen LogP) is 1.14. The monoisotopic (exact) mass is 274 g/mol. The molecule has 0 aliphatic heterocycles. The number of amides is 2. The fourth-order valence-electron chi connectivity index (χ4n) is 1.48. The first kappa shape index (κ1) is 17.2. The van der Waals surface area contributed by atoms with Crippen LogP contribution in [0.15, 0.2) is 0 Å². The van der Waals surface area contributed by atoms with E-state index in [1.54, 1.807) is 7.05 Å². The van der Waals surface area contributed by atoms with Gasteiger partial charge in [0.2, 0.25) is 0 Å². The van der Waals surface area contributed by atoms with E-state index in [4.69, 9.17) is 10.2 Å². The Hall–Kier alpha value is -1.79. The molecule has 0 spiro atoms. The molecule has 0 bridgehead atoms. The van der Waals surface area contributed by atoms with Gasteiger partial charge in [-0.1, -0.05) is 19.8 Å². The number of urea groups is 1. The number of aliphatic carboxylic acids is 2. The highest BCUT2D eigenvalue weighted by Gasteiger charge is 2.22. The summed E-state index contributed by atoms with van der Waals surface area (Å²) in [5.41, 5.74) is 0. The highest BCUT2D eigenvalue weighted by Crippen LogP contribution is 2.01. The molecule has 7 heteroatoms. The number of carboxylic acid groups (broad SMARTS) is 2. The average Bonchev–Trinajstić information content (AvgIpc) is 2.33. The summed E-state index contributed by atoms with van der Waals surface area (Å²) in [5, 5.41) is 19.7. The summed E-state index contributed by atoms with van der Waals surface area (Å²) in [6, 6.07) is -1.66. The van der Waals surface area contributed by atoms with Gasteiger partial charge in [-0.3, -0.25) is 4.79 Å². The fourth-order valence-corrected chi connectivity index (χ4v) is 1.48. The van der Waals surface area contributed by atoms with Gasteiger partial charge < -0.3 is 20.4 Å². The first-order valence-corrected chi connectivity index (χ1v) is 6.34. The Labute approximate surface area is 112 Å². The lowest BCUT2D eigenvalue weighted by Gasteiger charge is -2.21. The number of rotatable bonds is 9. The molecule has 1 atom stereocenters. The smallest absolute Gasteiger partial charge is 0.326 e. The Morgan fingerprint density at radius 2 is 1.84 bits per heavy atom. The van der Waals surface area contributed by atoms with Crippen LogP contribution in [-0.4, -0.2) is 52.7 Å². The summed E-state index contributed by atoms with van der Waals surface area (Å²) in [5.74, 6) is -2.31. The third-order valence-electron chi connectivity index (χ3n) is 2.69. The van der Waals surface area contributed by atoms with Crippen LogP contribution in [0.3, 0.4) is 0 Å². The second-order valence-electron chi connectivity index (χ2n) is 4.40. The molecule has 0 fully saturated rings. The van der Waals surface area contributed by atoms with Gasteiger partial charge in [-0.05, 0) is 12.8 Å².